The molecule has 13 aromatic rings. The summed E-state index contributed by atoms with van der Waals surface area (Å²) in [5, 5.41) is 9.53. The van der Waals surface area contributed by atoms with E-state index in [2.05, 4.69) is 245 Å². The Labute approximate surface area is 398 Å². The second-order valence-corrected chi connectivity index (χ2v) is 18.2. The lowest BCUT2D eigenvalue weighted by Crippen LogP contribution is -2.18. The number of benzene rings is 10. The van der Waals surface area contributed by atoms with E-state index in [4.69, 9.17) is 4.42 Å². The third-order valence-electron chi connectivity index (χ3n) is 14.2. The Balaban J connectivity index is 0.951. The van der Waals surface area contributed by atoms with E-state index in [1.54, 1.807) is 0 Å². The van der Waals surface area contributed by atoms with Crippen molar-refractivity contribution in [1.82, 2.24) is 9.13 Å². The van der Waals surface area contributed by atoms with Crippen molar-refractivity contribution in [3.05, 3.63) is 249 Å². The average Bonchev–Trinajstić information content (AvgIpc) is 4.07. The lowest BCUT2D eigenvalue weighted by molar-refractivity contribution is 0.669. The highest BCUT2D eigenvalue weighted by Gasteiger charge is 2.20. The fourth-order valence-electron chi connectivity index (χ4n) is 10.9. The summed E-state index contributed by atoms with van der Waals surface area (Å²) < 4.78 is 11.1. The number of para-hydroxylation sites is 3. The Morgan fingerprint density at radius 3 is 1.72 bits per heavy atom. The van der Waals surface area contributed by atoms with Gasteiger partial charge in [0.25, 0.3) is 0 Å². The summed E-state index contributed by atoms with van der Waals surface area (Å²) in [7, 11) is 0. The largest absolute Gasteiger partial charge is 0.456 e. The third kappa shape index (κ3) is 6.30. The van der Waals surface area contributed by atoms with Gasteiger partial charge in [-0.2, -0.15) is 0 Å². The summed E-state index contributed by atoms with van der Waals surface area (Å²) >= 11 is 0. The predicted octanol–water partition coefficient (Wildman–Crippen LogP) is 17.5. The van der Waals surface area contributed by atoms with Crippen molar-refractivity contribution in [3.63, 3.8) is 0 Å². The first kappa shape index (κ1) is 39.1. The Kier molecular flexibility index (Phi) is 8.77. The van der Waals surface area contributed by atoms with Crippen LogP contribution in [0.5, 0.6) is 0 Å². The molecule has 0 atom stereocenters. The van der Waals surface area contributed by atoms with Crippen molar-refractivity contribution in [2.45, 2.75) is 0 Å². The minimum Gasteiger partial charge on any atom is -0.456 e. The van der Waals surface area contributed by atoms with Crippen molar-refractivity contribution in [2.75, 3.05) is 11.4 Å². The summed E-state index contributed by atoms with van der Waals surface area (Å²) in [6, 6.07) is 77.4. The van der Waals surface area contributed by atoms with Crippen molar-refractivity contribution in [1.29, 1.82) is 0 Å². The van der Waals surface area contributed by atoms with Crippen LogP contribution in [0.25, 0.3) is 116 Å². The van der Waals surface area contributed by atoms with Gasteiger partial charge in [-0.1, -0.05) is 140 Å². The van der Waals surface area contributed by atoms with Crippen LogP contribution in [0, 0.1) is 0 Å². The second kappa shape index (κ2) is 15.5. The van der Waals surface area contributed by atoms with E-state index in [9.17, 15) is 0 Å². The molecule has 14 rings (SSSR count). The topological polar surface area (TPSA) is 26.2 Å². The maximum Gasteiger partial charge on any atom is 0.135 e. The van der Waals surface area contributed by atoms with Gasteiger partial charge >= 0.3 is 0 Å². The maximum atomic E-state index is 6.30. The minimum absolute atomic E-state index is 0.735. The molecule has 1 aliphatic heterocycles. The van der Waals surface area contributed by atoms with Crippen LogP contribution in [-0.4, -0.2) is 15.7 Å². The molecule has 1 aliphatic rings. The van der Waals surface area contributed by atoms with Crippen LogP contribution < -0.4 is 4.90 Å². The number of furan rings is 1. The summed E-state index contributed by atoms with van der Waals surface area (Å²) in [6.45, 7) is 5.34. The molecule has 0 saturated heterocycles. The molecule has 0 bridgehead atoms. The summed E-state index contributed by atoms with van der Waals surface area (Å²) in [5.74, 6) is 0. The first-order valence-electron chi connectivity index (χ1n) is 23.6. The first-order chi connectivity index (χ1) is 34.1. The number of rotatable bonds is 5. The lowest BCUT2D eigenvalue weighted by Gasteiger charge is -2.27. The second-order valence-electron chi connectivity index (χ2n) is 18.2. The van der Waals surface area contributed by atoms with E-state index in [1.807, 2.05) is 12.1 Å². The molecule has 0 radical (unpaired) electrons. The van der Waals surface area contributed by atoms with E-state index in [-0.39, 0.29) is 0 Å². The molecule has 4 nitrogen and oxygen atoms in total. The predicted molar refractivity (Wildman–Crippen MR) is 292 cm³/mol. The smallest absolute Gasteiger partial charge is 0.135 e. The molecule has 0 spiro atoms. The zero-order chi connectivity index (χ0) is 45.6. The number of hydrogen-bond donors (Lipinski definition) is 0. The first-order valence-corrected chi connectivity index (χ1v) is 23.6. The van der Waals surface area contributed by atoms with Crippen molar-refractivity contribution in [3.8, 4) is 33.6 Å². The summed E-state index contributed by atoms with van der Waals surface area (Å²) in [5.41, 5.74) is 17.7. The monoisotopic (exact) mass is 881 g/mol. The van der Waals surface area contributed by atoms with Crippen LogP contribution in [0.2, 0.25) is 0 Å². The zero-order valence-electron chi connectivity index (χ0n) is 37.7. The van der Waals surface area contributed by atoms with Crippen LogP contribution in [0.4, 0.5) is 11.4 Å². The fourth-order valence-corrected chi connectivity index (χ4v) is 10.9. The average molecular weight is 882 g/mol. The molecule has 4 heterocycles. The molecule has 0 aliphatic carbocycles. The van der Waals surface area contributed by atoms with Crippen LogP contribution in [0.1, 0.15) is 5.56 Å². The number of nitrogens with zero attached hydrogens (tertiary/aromatic N) is 3. The Bertz CT molecular complexity index is 4310. The van der Waals surface area contributed by atoms with Gasteiger partial charge in [-0.15, -0.1) is 0 Å². The molecular formula is C65H43N3O. The van der Waals surface area contributed by atoms with Crippen LogP contribution >= 0.6 is 0 Å². The van der Waals surface area contributed by atoms with Crippen molar-refractivity contribution >= 4 is 93.3 Å². The highest BCUT2D eigenvalue weighted by atomic mass is 16.3. The molecule has 69 heavy (non-hydrogen) atoms. The van der Waals surface area contributed by atoms with Gasteiger partial charge in [0.1, 0.15) is 11.2 Å². The quantitative estimate of drug-likeness (QED) is 0.172. The molecule has 0 N–H and O–H groups in total. The van der Waals surface area contributed by atoms with Crippen LogP contribution in [0.15, 0.2) is 248 Å². The van der Waals surface area contributed by atoms with Crippen LogP contribution in [-0.2, 0) is 0 Å². The summed E-state index contributed by atoms with van der Waals surface area (Å²) in [4.78, 5) is 2.40. The number of hydrogen-bond acceptors (Lipinski definition) is 2. The SMILES string of the molecule is C=C1/C=C\C=C/CN(c2ccc3ccccc3c2)c2ccc(-c3ccc4c(c3)c3cc(-c5ccc6c(c5)c5ccccc5n6-c5ccccc5)ccc3n4-c3ccc4oc5ccccc5c4c3)cc21. The van der Waals surface area contributed by atoms with E-state index < -0.39 is 0 Å². The van der Waals surface area contributed by atoms with E-state index in [0.717, 1.165) is 84.5 Å². The van der Waals surface area contributed by atoms with Gasteiger partial charge in [0.2, 0.25) is 0 Å². The Hall–Kier alpha value is -9.12. The molecule has 324 valence electrons. The normalized spacial score (nSPS) is 14.0. The van der Waals surface area contributed by atoms with E-state index in [1.165, 1.54) is 54.5 Å². The zero-order valence-corrected chi connectivity index (χ0v) is 37.7. The van der Waals surface area contributed by atoms with Gasteiger partial charge in [-0.3, -0.25) is 0 Å². The van der Waals surface area contributed by atoms with E-state index in [0.29, 0.717) is 0 Å². The van der Waals surface area contributed by atoms with Crippen molar-refractivity contribution in [2.24, 2.45) is 0 Å². The molecule has 0 fully saturated rings. The molecule has 0 amide bonds. The highest BCUT2D eigenvalue weighted by Crippen LogP contribution is 2.43. The van der Waals surface area contributed by atoms with Gasteiger partial charge in [0.05, 0.1) is 22.1 Å². The highest BCUT2D eigenvalue weighted by molar-refractivity contribution is 6.14. The van der Waals surface area contributed by atoms with Gasteiger partial charge in [-0.05, 0) is 142 Å². The van der Waals surface area contributed by atoms with Crippen molar-refractivity contribution < 1.29 is 4.42 Å². The van der Waals surface area contributed by atoms with Gasteiger partial charge < -0.3 is 18.5 Å². The summed E-state index contributed by atoms with van der Waals surface area (Å²) in [6.07, 6.45) is 8.56. The lowest BCUT2D eigenvalue weighted by atomic mass is 9.95. The fraction of sp³-hybridized carbons (Fsp3) is 0.0154. The molecule has 3 aromatic heterocycles. The van der Waals surface area contributed by atoms with Crippen LogP contribution in [0.3, 0.4) is 0 Å². The molecule has 0 unspecified atom stereocenters. The Morgan fingerprint density at radius 2 is 0.957 bits per heavy atom. The maximum absolute atomic E-state index is 6.30. The number of aromatic nitrogens is 2. The molecule has 4 heteroatoms. The number of allylic oxidation sites excluding steroid dienone is 4. The molecule has 0 saturated carbocycles. The standard InChI is InChI=1S/C65H43N3O/c1-42-14-4-3-13-35-66(50-28-23-43-15-7-8-16-44(43)36-50)59-30-24-45(37-54(42)59)47-26-32-62-56(39-47)57-40-48(27-33-63(57)68(62)51-29-34-65-58(41-51)53-20-10-12-22-64(53)69-65)46-25-31-61-55(38-46)52-19-9-11-21-60(52)67(61)49-17-5-2-6-18-49/h2-34,36-41H,1,35H2/b13-3-,14-4-. The van der Waals surface area contributed by atoms with E-state index >= 15 is 0 Å². The Morgan fingerprint density at radius 1 is 0.377 bits per heavy atom. The molecule has 10 aromatic carbocycles. The van der Waals surface area contributed by atoms with Gasteiger partial charge in [0, 0.05) is 67.2 Å². The van der Waals surface area contributed by atoms with Gasteiger partial charge in [-0.25, -0.2) is 0 Å². The number of anilines is 2. The molecular weight excluding hydrogens is 839 g/mol. The third-order valence-corrected chi connectivity index (χ3v) is 14.2. The number of fused-ring (bicyclic) bond motifs is 11. The van der Waals surface area contributed by atoms with Gasteiger partial charge in [0.15, 0.2) is 0 Å². The minimum atomic E-state index is 0.735.